The van der Waals surface area contributed by atoms with Crippen molar-refractivity contribution < 1.29 is 47.0 Å². The van der Waals surface area contributed by atoms with Gasteiger partial charge in [-0.25, -0.2) is 0 Å². The van der Waals surface area contributed by atoms with Crippen LogP contribution in [0.4, 0.5) is 14.5 Å². The number of likely N-dealkylation sites (N-methyl/N-ethyl adjacent to an activating group) is 1. The Hall–Kier alpha value is -4.33. The summed E-state index contributed by atoms with van der Waals surface area (Å²) in [5.74, 6) is -1.31. The van der Waals surface area contributed by atoms with Crippen molar-refractivity contribution in [3.05, 3.63) is 59.8 Å². The maximum atomic E-state index is 14.3. The van der Waals surface area contributed by atoms with Crippen LogP contribution in [0.25, 0.3) is 10.9 Å². The molecule has 5 rings (SSSR count). The molecule has 0 bridgehead atoms. The maximum absolute atomic E-state index is 14.3. The number of H-pyrrole nitrogens is 1. The molecule has 3 aromatic rings. The molecular weight excluding hydrogens is 627 g/mol. The van der Waals surface area contributed by atoms with Gasteiger partial charge in [0.1, 0.15) is 23.5 Å². The van der Waals surface area contributed by atoms with E-state index in [4.69, 9.17) is 14.5 Å². The Balaban J connectivity index is 1.40. The number of benzene rings is 2. The lowest BCUT2D eigenvalue weighted by Crippen LogP contribution is -2.61. The summed E-state index contributed by atoms with van der Waals surface area (Å²) in [6.07, 6.45) is 1.36. The summed E-state index contributed by atoms with van der Waals surface area (Å²) in [7, 11) is -2.67. The Kier molecular flexibility index (Phi) is 8.95. The summed E-state index contributed by atoms with van der Waals surface area (Å²) in [6, 6.07) is 8.57. The molecule has 4 amide bonds. The second-order valence-corrected chi connectivity index (χ2v) is 13.1. The molecule has 16 heteroatoms. The average Bonchev–Trinajstić information content (AvgIpc) is 3.64. The lowest BCUT2D eigenvalue weighted by molar-refractivity contribution is -0.144. The highest BCUT2D eigenvalue weighted by atomic mass is 31.2. The van der Waals surface area contributed by atoms with Gasteiger partial charge in [0, 0.05) is 55.3 Å². The number of carbonyl (C=O) groups is 4. The van der Waals surface area contributed by atoms with Gasteiger partial charge in [0.2, 0.25) is 17.7 Å². The Bertz CT molecular complexity index is 1730. The van der Waals surface area contributed by atoms with Gasteiger partial charge in [-0.3, -0.25) is 23.7 Å². The van der Waals surface area contributed by atoms with Crippen molar-refractivity contribution >= 4 is 47.8 Å². The monoisotopic (exact) mass is 661 g/mol. The second-order valence-electron chi connectivity index (χ2n) is 11.4. The van der Waals surface area contributed by atoms with Crippen LogP contribution in [-0.2, 0) is 24.6 Å². The summed E-state index contributed by atoms with van der Waals surface area (Å²) in [5, 5.41) is 2.73. The Morgan fingerprint density at radius 1 is 1.09 bits per heavy atom. The van der Waals surface area contributed by atoms with Crippen LogP contribution >= 0.6 is 7.60 Å². The van der Waals surface area contributed by atoms with Crippen molar-refractivity contribution in [3.8, 4) is 5.75 Å². The zero-order valence-electron chi connectivity index (χ0n) is 25.3. The topological polar surface area (TPSA) is 173 Å². The Morgan fingerprint density at radius 3 is 2.41 bits per heavy atom. The van der Waals surface area contributed by atoms with Crippen LogP contribution in [0.15, 0.2) is 48.5 Å². The van der Waals surface area contributed by atoms with E-state index in [1.807, 2.05) is 0 Å². The van der Waals surface area contributed by atoms with Gasteiger partial charge in [0.25, 0.3) is 5.91 Å². The molecule has 4 N–H and O–H groups in total. The van der Waals surface area contributed by atoms with Crippen molar-refractivity contribution in [1.82, 2.24) is 20.1 Å². The van der Waals surface area contributed by atoms with E-state index in [1.54, 1.807) is 31.3 Å². The van der Waals surface area contributed by atoms with Crippen LogP contribution in [0.3, 0.4) is 0 Å². The first-order valence-electron chi connectivity index (χ1n) is 14.5. The van der Waals surface area contributed by atoms with E-state index in [0.29, 0.717) is 37.2 Å². The Morgan fingerprint density at radius 2 is 1.78 bits per heavy atom. The number of aromatic nitrogens is 1. The molecule has 0 radical (unpaired) electrons. The van der Waals surface area contributed by atoms with Gasteiger partial charge in [-0.05, 0) is 61.7 Å². The van der Waals surface area contributed by atoms with Gasteiger partial charge >= 0.3 is 13.3 Å². The molecule has 3 heterocycles. The van der Waals surface area contributed by atoms with Crippen LogP contribution in [0.5, 0.6) is 5.75 Å². The number of hydrogen-bond acceptors (Lipinski definition) is 6. The molecule has 2 fully saturated rings. The van der Waals surface area contributed by atoms with Gasteiger partial charge in [-0.2, -0.15) is 8.78 Å². The largest absolute Gasteiger partial charge is 0.497 e. The maximum Gasteiger partial charge on any atom is 0.399 e. The first-order valence-corrected chi connectivity index (χ1v) is 16.1. The van der Waals surface area contributed by atoms with Crippen LogP contribution in [0.1, 0.15) is 42.2 Å². The number of halogens is 2. The number of nitrogens with one attached hydrogen (secondary N) is 2. The Labute approximate surface area is 262 Å². The van der Waals surface area contributed by atoms with E-state index < -0.39 is 42.7 Å². The smallest absolute Gasteiger partial charge is 0.399 e. The number of ether oxygens (including phenoxy) is 1. The number of hydrogen-bond donors (Lipinski definition) is 4. The molecule has 2 saturated heterocycles. The van der Waals surface area contributed by atoms with Crippen molar-refractivity contribution in [2.24, 2.45) is 0 Å². The molecule has 46 heavy (non-hydrogen) atoms. The summed E-state index contributed by atoms with van der Waals surface area (Å²) in [5.41, 5.74) is -4.65. The molecular formula is C30H34F2N5O8P. The number of aromatic amines is 1. The molecule has 2 aliphatic rings. The summed E-state index contributed by atoms with van der Waals surface area (Å²) < 4.78 is 45.1. The normalized spacial score (nSPS) is 20.6. The lowest BCUT2D eigenvalue weighted by Gasteiger charge is -2.39. The zero-order valence-corrected chi connectivity index (χ0v) is 26.2. The molecule has 1 aromatic heterocycles. The molecule has 3 atom stereocenters. The number of methoxy groups -OCH3 is 1. The number of alkyl halides is 2. The fourth-order valence-electron chi connectivity index (χ4n) is 6.01. The highest BCUT2D eigenvalue weighted by Crippen LogP contribution is 2.59. The number of carbonyl (C=O) groups excluding carboxylic acids is 4. The minimum absolute atomic E-state index is 0.0805. The summed E-state index contributed by atoms with van der Waals surface area (Å²) in [6.45, 7) is 1.50. The van der Waals surface area contributed by atoms with Crippen molar-refractivity contribution in [2.45, 2.75) is 50.0 Å². The van der Waals surface area contributed by atoms with Crippen LogP contribution in [0, 0.1) is 0 Å². The molecule has 0 unspecified atom stereocenters. The first-order chi connectivity index (χ1) is 21.6. The third-order valence-electron chi connectivity index (χ3n) is 8.59. The standard InChI is InChI=1S/C30H34F2N5O8P/c1-17(38)36-13-12-21-7-11-26(29(41)35(2)20-5-8-22(45-3)9-6-20)37(21)28(40)25(16-36)34-27(39)24-15-18-14-19(4-10-23(18)33-24)30(31,32)46(42,43)44/h4-6,8-10,14-15,21,25-26,33H,7,11-13,16H2,1-3H3,(H,34,39)(H2,42,43,44)/t21-,25+,26+/m1/s1. The number of anilines is 1. The van der Waals surface area contributed by atoms with Gasteiger partial charge in [-0.1, -0.05) is 6.07 Å². The van der Waals surface area contributed by atoms with Crippen molar-refractivity contribution in [2.75, 3.05) is 32.1 Å². The molecule has 0 aliphatic carbocycles. The molecule has 2 aromatic carbocycles. The van der Waals surface area contributed by atoms with Crippen LogP contribution in [0.2, 0.25) is 0 Å². The van der Waals surface area contributed by atoms with Gasteiger partial charge in [0.15, 0.2) is 0 Å². The number of nitrogens with zero attached hydrogens (tertiary/aromatic N) is 3. The molecule has 0 saturated carbocycles. The number of amides is 4. The zero-order chi connectivity index (χ0) is 33.6. The van der Waals surface area contributed by atoms with Gasteiger partial charge < -0.3 is 39.5 Å². The summed E-state index contributed by atoms with van der Waals surface area (Å²) >= 11 is 0. The van der Waals surface area contributed by atoms with Gasteiger partial charge in [-0.15, -0.1) is 0 Å². The van der Waals surface area contributed by atoms with E-state index in [0.717, 1.165) is 18.2 Å². The van der Waals surface area contributed by atoms with Crippen molar-refractivity contribution in [3.63, 3.8) is 0 Å². The van der Waals surface area contributed by atoms with Gasteiger partial charge in [0.05, 0.1) is 7.11 Å². The van der Waals surface area contributed by atoms with Crippen LogP contribution < -0.4 is 15.0 Å². The van der Waals surface area contributed by atoms with E-state index in [-0.39, 0.29) is 41.0 Å². The fraction of sp³-hybridized carbons (Fsp3) is 0.400. The highest BCUT2D eigenvalue weighted by Gasteiger charge is 2.50. The second kappa shape index (κ2) is 12.5. The predicted molar refractivity (Wildman–Crippen MR) is 162 cm³/mol. The van der Waals surface area contributed by atoms with E-state index in [1.165, 1.54) is 34.8 Å². The molecule has 2 aliphatic heterocycles. The minimum atomic E-state index is -5.81. The number of rotatable bonds is 7. The molecule has 246 valence electrons. The third kappa shape index (κ3) is 6.22. The van der Waals surface area contributed by atoms with E-state index in [9.17, 15) is 32.5 Å². The van der Waals surface area contributed by atoms with Crippen LogP contribution in [-0.4, -0.2) is 93.6 Å². The lowest BCUT2D eigenvalue weighted by atomic mass is 10.1. The SMILES string of the molecule is COc1ccc(N(C)C(=O)[C@@H]2CC[C@@H]3CCN(C(C)=O)C[C@H](NC(=O)c4cc5cc(C(F)(F)P(=O)(O)O)ccc5[nH]4)C(=O)N32)cc1. The average molecular weight is 662 g/mol. The minimum Gasteiger partial charge on any atom is -0.497 e. The third-order valence-corrected chi connectivity index (χ3v) is 9.58. The fourth-order valence-corrected chi connectivity index (χ4v) is 6.49. The molecule has 0 spiro atoms. The number of fused-ring (bicyclic) bond motifs is 2. The van der Waals surface area contributed by atoms with E-state index >= 15 is 0 Å². The molecule has 13 nitrogen and oxygen atoms in total. The van der Waals surface area contributed by atoms with Crippen molar-refractivity contribution in [1.29, 1.82) is 0 Å². The van der Waals surface area contributed by atoms with E-state index in [2.05, 4.69) is 10.3 Å². The highest BCUT2D eigenvalue weighted by molar-refractivity contribution is 7.52. The predicted octanol–water partition coefficient (Wildman–Crippen LogP) is 2.78. The first kappa shape index (κ1) is 33.0. The summed E-state index contributed by atoms with van der Waals surface area (Å²) in [4.78, 5) is 79.1. The quantitative estimate of drug-likeness (QED) is 0.280.